The highest BCUT2D eigenvalue weighted by Gasteiger charge is 2.44. The Morgan fingerprint density at radius 1 is 1.00 bits per heavy atom. The zero-order valence-electron chi connectivity index (χ0n) is 19.6. The molecule has 2 aromatic rings. The van der Waals surface area contributed by atoms with Crippen molar-refractivity contribution in [2.24, 2.45) is 11.8 Å². The van der Waals surface area contributed by atoms with Crippen molar-refractivity contribution >= 4 is 30.2 Å². The fourth-order valence-electron chi connectivity index (χ4n) is 5.78. The normalized spacial score (nSPS) is 23.2. The van der Waals surface area contributed by atoms with E-state index in [-0.39, 0.29) is 35.8 Å². The van der Waals surface area contributed by atoms with Crippen molar-refractivity contribution in [1.29, 1.82) is 0 Å². The first-order valence-electron chi connectivity index (χ1n) is 12.1. The van der Waals surface area contributed by atoms with Crippen LogP contribution in [0.3, 0.4) is 0 Å². The molecule has 0 radical (unpaired) electrons. The van der Waals surface area contributed by atoms with E-state index < -0.39 is 35.7 Å². The van der Waals surface area contributed by atoms with Crippen LogP contribution < -0.4 is 4.74 Å². The van der Waals surface area contributed by atoms with Gasteiger partial charge in [0.2, 0.25) is 5.91 Å². The summed E-state index contributed by atoms with van der Waals surface area (Å²) in [5, 5.41) is 9.74. The second kappa shape index (κ2) is 9.56. The summed E-state index contributed by atoms with van der Waals surface area (Å²) in [5.74, 6) is -3.42. The Balaban J connectivity index is 1.47. The van der Waals surface area contributed by atoms with Gasteiger partial charge in [-0.25, -0.2) is 0 Å². The molecule has 3 amide bonds. The minimum Gasteiger partial charge on any atom is -0.481 e. The lowest BCUT2D eigenvalue weighted by Gasteiger charge is -2.42. The smallest absolute Gasteiger partial charge is 0.307 e. The monoisotopic (exact) mass is 490 g/mol. The fraction of sp³-hybridized carbons (Fsp3) is 0.370. The third kappa shape index (κ3) is 4.04. The van der Waals surface area contributed by atoms with Gasteiger partial charge >= 0.3 is 5.97 Å². The molecule has 2 aromatic carbocycles. The van der Waals surface area contributed by atoms with Crippen LogP contribution in [0.2, 0.25) is 0 Å². The number of hydrogen-bond donors (Lipinski definition) is 1. The molecule has 1 N–H and O–H groups in total. The number of aliphatic carboxylic acids is 1. The maximum absolute atomic E-state index is 13.8. The highest BCUT2D eigenvalue weighted by atomic mass is 16.5. The Kier molecular flexibility index (Phi) is 6.30. The zero-order chi connectivity index (χ0) is 25.4. The highest BCUT2D eigenvalue weighted by Crippen LogP contribution is 2.38. The molecule has 0 spiro atoms. The number of carboxylic acid groups (broad SMARTS) is 1. The molecule has 3 unspecified atom stereocenters. The summed E-state index contributed by atoms with van der Waals surface area (Å²) >= 11 is 0. The van der Waals surface area contributed by atoms with Gasteiger partial charge in [-0.15, -0.1) is 0 Å². The Hall–Kier alpha value is -4.01. The van der Waals surface area contributed by atoms with Gasteiger partial charge in [0.05, 0.1) is 35.5 Å². The van der Waals surface area contributed by atoms with Crippen LogP contribution in [0, 0.1) is 11.8 Å². The fourth-order valence-corrected chi connectivity index (χ4v) is 5.78. The Labute approximate surface area is 207 Å². The van der Waals surface area contributed by atoms with Crippen LogP contribution >= 0.6 is 0 Å². The molecule has 3 atom stereocenters. The number of imide groups is 1. The van der Waals surface area contributed by atoms with E-state index in [2.05, 4.69) is 0 Å². The van der Waals surface area contributed by atoms with Gasteiger partial charge in [-0.2, -0.15) is 0 Å². The number of hydrogen-bond acceptors (Lipinski definition) is 6. The number of rotatable bonds is 6. The Morgan fingerprint density at radius 3 is 2.47 bits per heavy atom. The predicted octanol–water partition coefficient (Wildman–Crippen LogP) is 2.83. The largest absolute Gasteiger partial charge is 0.481 e. The van der Waals surface area contributed by atoms with Gasteiger partial charge in [-0.05, 0) is 48.6 Å². The van der Waals surface area contributed by atoms with Crippen LogP contribution in [0.5, 0.6) is 5.75 Å². The first-order chi connectivity index (χ1) is 17.4. The Bertz CT molecular complexity index is 1260. The van der Waals surface area contributed by atoms with E-state index in [0.717, 1.165) is 28.9 Å². The van der Waals surface area contributed by atoms with E-state index in [4.69, 9.17) is 4.74 Å². The van der Waals surface area contributed by atoms with Gasteiger partial charge in [0.1, 0.15) is 5.75 Å². The lowest BCUT2D eigenvalue weighted by Crippen LogP contribution is -2.50. The molecule has 0 bridgehead atoms. The number of amides is 3. The average molecular weight is 491 g/mol. The SMILES string of the molecule is O=COc1ccc2c(c1)C(=O)N(CC1c3ccccc3CCN1C(=O)C1CCCCC1C(=O)O)C2=O. The van der Waals surface area contributed by atoms with Crippen molar-refractivity contribution in [3.63, 3.8) is 0 Å². The lowest BCUT2D eigenvalue weighted by molar-refractivity contribution is -0.153. The molecule has 0 aromatic heterocycles. The van der Waals surface area contributed by atoms with Crippen LogP contribution in [-0.2, 0) is 20.8 Å². The Morgan fingerprint density at radius 2 is 1.72 bits per heavy atom. The molecule has 9 nitrogen and oxygen atoms in total. The van der Waals surface area contributed by atoms with Gasteiger partial charge in [0.15, 0.2) is 0 Å². The second-order valence-corrected chi connectivity index (χ2v) is 9.47. The van der Waals surface area contributed by atoms with Crippen LogP contribution in [0.4, 0.5) is 0 Å². The molecular formula is C27H26N2O7. The third-order valence-corrected chi connectivity index (χ3v) is 7.58. The number of ether oxygens (including phenoxy) is 1. The molecule has 5 rings (SSSR count). The number of carboxylic acids is 1. The summed E-state index contributed by atoms with van der Waals surface area (Å²) < 4.78 is 4.83. The summed E-state index contributed by atoms with van der Waals surface area (Å²) in [6.45, 7) is 0.576. The van der Waals surface area contributed by atoms with Gasteiger partial charge in [0, 0.05) is 6.54 Å². The van der Waals surface area contributed by atoms with Crippen LogP contribution in [-0.4, -0.2) is 58.2 Å². The maximum Gasteiger partial charge on any atom is 0.307 e. The van der Waals surface area contributed by atoms with Crippen molar-refractivity contribution in [3.8, 4) is 5.75 Å². The van der Waals surface area contributed by atoms with E-state index in [1.165, 1.54) is 18.2 Å². The average Bonchev–Trinajstić information content (AvgIpc) is 3.13. The summed E-state index contributed by atoms with van der Waals surface area (Å²) in [4.78, 5) is 65.6. The number of nitrogens with zero attached hydrogens (tertiary/aromatic N) is 2. The van der Waals surface area contributed by atoms with Gasteiger partial charge in [0.25, 0.3) is 18.3 Å². The predicted molar refractivity (Wildman–Crippen MR) is 126 cm³/mol. The van der Waals surface area contributed by atoms with Crippen LogP contribution in [0.15, 0.2) is 42.5 Å². The van der Waals surface area contributed by atoms with E-state index in [1.54, 1.807) is 4.90 Å². The lowest BCUT2D eigenvalue weighted by atomic mass is 9.77. The quantitative estimate of drug-likeness (QED) is 0.488. The summed E-state index contributed by atoms with van der Waals surface area (Å²) in [6, 6.07) is 11.3. The third-order valence-electron chi connectivity index (χ3n) is 7.58. The van der Waals surface area contributed by atoms with Crippen molar-refractivity contribution in [3.05, 3.63) is 64.7 Å². The molecular weight excluding hydrogens is 464 g/mol. The first kappa shape index (κ1) is 23.7. The number of carbonyl (C=O) groups is 5. The van der Waals surface area contributed by atoms with Gasteiger partial charge < -0.3 is 14.7 Å². The summed E-state index contributed by atoms with van der Waals surface area (Å²) in [7, 11) is 0. The molecule has 1 fully saturated rings. The maximum atomic E-state index is 13.8. The topological polar surface area (TPSA) is 121 Å². The molecule has 36 heavy (non-hydrogen) atoms. The summed E-state index contributed by atoms with van der Waals surface area (Å²) in [6.07, 6.45) is 3.14. The van der Waals surface area contributed by atoms with E-state index in [9.17, 15) is 29.1 Å². The minimum atomic E-state index is -0.962. The molecule has 9 heteroatoms. The van der Waals surface area contributed by atoms with Crippen molar-refractivity contribution in [2.45, 2.75) is 38.1 Å². The van der Waals surface area contributed by atoms with Crippen molar-refractivity contribution in [1.82, 2.24) is 9.80 Å². The molecule has 186 valence electrons. The van der Waals surface area contributed by atoms with E-state index in [1.807, 2.05) is 24.3 Å². The number of benzene rings is 2. The van der Waals surface area contributed by atoms with Crippen molar-refractivity contribution < 1.29 is 33.8 Å². The van der Waals surface area contributed by atoms with Gasteiger partial charge in [-0.3, -0.25) is 28.9 Å². The number of fused-ring (bicyclic) bond motifs is 2. The molecule has 0 saturated heterocycles. The number of carbonyl (C=O) groups excluding carboxylic acids is 4. The van der Waals surface area contributed by atoms with E-state index >= 15 is 0 Å². The highest BCUT2D eigenvalue weighted by molar-refractivity contribution is 6.21. The summed E-state index contributed by atoms with van der Waals surface area (Å²) in [5.41, 5.74) is 2.22. The van der Waals surface area contributed by atoms with Gasteiger partial charge in [-0.1, -0.05) is 37.1 Å². The van der Waals surface area contributed by atoms with E-state index in [0.29, 0.717) is 25.8 Å². The standard InChI is InChI=1S/C27H26N2O7/c30-15-36-17-9-10-20-22(13-17)26(33)29(25(20)32)14-23-18-6-2-1-5-16(18)11-12-28(23)24(31)19-7-3-4-8-21(19)27(34)35/h1-2,5-6,9-10,13,15,19,21,23H,3-4,7-8,11-12,14H2,(H,34,35). The molecule has 1 saturated carbocycles. The molecule has 3 aliphatic rings. The minimum absolute atomic E-state index is 0.0522. The molecule has 1 aliphatic carbocycles. The first-order valence-corrected chi connectivity index (χ1v) is 12.1. The molecule has 2 aliphatic heterocycles. The van der Waals surface area contributed by atoms with Crippen LogP contribution in [0.1, 0.15) is 63.6 Å². The van der Waals surface area contributed by atoms with Crippen LogP contribution in [0.25, 0.3) is 0 Å². The second-order valence-electron chi connectivity index (χ2n) is 9.47. The zero-order valence-corrected chi connectivity index (χ0v) is 19.6. The van der Waals surface area contributed by atoms with Crippen molar-refractivity contribution in [2.75, 3.05) is 13.1 Å². The molecule has 2 heterocycles.